The average Bonchev–Trinajstić information content (AvgIpc) is 3.21. The van der Waals surface area contributed by atoms with E-state index in [0.717, 1.165) is 57.8 Å². The van der Waals surface area contributed by atoms with Gasteiger partial charge in [0.15, 0.2) is 0 Å². The molecule has 0 aliphatic heterocycles. The first-order chi connectivity index (χ1) is 18.5. The quantitative estimate of drug-likeness (QED) is 0.248. The fourth-order valence-corrected chi connectivity index (χ4v) is 10.8. The predicted molar refractivity (Wildman–Crippen MR) is 149 cm³/mol. The monoisotopic (exact) mass is 610 g/mol. The molecule has 12 atom stereocenters. The van der Waals surface area contributed by atoms with Gasteiger partial charge in [0.05, 0.1) is 12.7 Å². The topological polar surface area (TPSA) is 168 Å². The molecule has 12 heteroatoms. The molecule has 4 fully saturated rings. The molecule has 0 amide bonds. The molecule has 0 heterocycles. The van der Waals surface area contributed by atoms with Gasteiger partial charge in [0.2, 0.25) is 0 Å². The smallest absolute Gasteiger partial charge is 0.396 e. The van der Waals surface area contributed by atoms with Gasteiger partial charge in [-0.2, -0.15) is 16.8 Å². The lowest BCUT2D eigenvalue weighted by Gasteiger charge is -2.62. The largest absolute Gasteiger partial charge is 0.397 e. The van der Waals surface area contributed by atoms with Crippen molar-refractivity contribution in [2.75, 3.05) is 13.2 Å². The summed E-state index contributed by atoms with van der Waals surface area (Å²) in [6, 6.07) is 0. The summed E-state index contributed by atoms with van der Waals surface area (Å²) in [6.07, 6.45) is 6.54. The molecule has 0 radical (unpaired) electrons. The molecule has 4 saturated carbocycles. The highest BCUT2D eigenvalue weighted by atomic mass is 32.3. The Kier molecular flexibility index (Phi) is 9.75. The van der Waals surface area contributed by atoms with Crippen molar-refractivity contribution in [3.63, 3.8) is 0 Å². The molecular weight excluding hydrogens is 560 g/mol. The van der Waals surface area contributed by atoms with Crippen LogP contribution in [0.25, 0.3) is 0 Å². The summed E-state index contributed by atoms with van der Waals surface area (Å²) in [6.45, 7) is 8.78. The Balaban J connectivity index is 1.51. The van der Waals surface area contributed by atoms with Crippen LogP contribution in [-0.2, 0) is 29.2 Å². The van der Waals surface area contributed by atoms with Crippen LogP contribution >= 0.6 is 0 Å². The van der Waals surface area contributed by atoms with Gasteiger partial charge in [0.1, 0.15) is 6.10 Å². The molecule has 10 nitrogen and oxygen atoms in total. The zero-order valence-corrected chi connectivity index (χ0v) is 25.9. The van der Waals surface area contributed by atoms with Crippen LogP contribution in [0, 0.1) is 58.2 Å². The number of hydrogen-bond donors (Lipinski definition) is 4. The molecule has 0 saturated heterocycles. The van der Waals surface area contributed by atoms with Crippen LogP contribution in [0.4, 0.5) is 0 Å². The van der Waals surface area contributed by atoms with Crippen molar-refractivity contribution in [3.8, 4) is 0 Å². The summed E-state index contributed by atoms with van der Waals surface area (Å²) in [7, 11) is -9.19. The van der Waals surface area contributed by atoms with E-state index in [1.54, 1.807) is 0 Å². The number of rotatable bonds is 11. The van der Waals surface area contributed by atoms with Gasteiger partial charge in [-0.15, -0.1) is 0 Å². The zero-order valence-electron chi connectivity index (χ0n) is 24.3. The van der Waals surface area contributed by atoms with E-state index >= 15 is 0 Å². The predicted octanol–water partition coefficient (Wildman–Crippen LogP) is 4.28. The highest BCUT2D eigenvalue weighted by molar-refractivity contribution is 7.81. The molecule has 40 heavy (non-hydrogen) atoms. The molecule has 0 spiro atoms. The van der Waals surface area contributed by atoms with Crippen molar-refractivity contribution in [3.05, 3.63) is 0 Å². The third-order valence-electron chi connectivity index (χ3n) is 12.3. The summed E-state index contributed by atoms with van der Waals surface area (Å²) >= 11 is 0. The van der Waals surface area contributed by atoms with Crippen molar-refractivity contribution >= 4 is 20.8 Å². The molecule has 4 aliphatic rings. The van der Waals surface area contributed by atoms with Gasteiger partial charge in [0, 0.05) is 6.61 Å². The third-order valence-corrected chi connectivity index (χ3v) is 13.2. The lowest BCUT2D eigenvalue weighted by atomic mass is 9.44. The first kappa shape index (κ1) is 32.6. The van der Waals surface area contributed by atoms with Crippen LogP contribution in [-0.4, -0.2) is 61.6 Å². The first-order valence-corrected chi connectivity index (χ1v) is 17.8. The van der Waals surface area contributed by atoms with Gasteiger partial charge < -0.3 is 10.2 Å². The van der Waals surface area contributed by atoms with Crippen molar-refractivity contribution in [2.24, 2.45) is 58.2 Å². The minimum atomic E-state index is -4.64. The maximum atomic E-state index is 11.5. The molecule has 4 rings (SSSR count). The highest BCUT2D eigenvalue weighted by Crippen LogP contribution is 2.68. The Labute approximate surface area is 240 Å². The summed E-state index contributed by atoms with van der Waals surface area (Å²) in [5.41, 5.74) is -0.141. The Bertz CT molecular complexity index is 1100. The van der Waals surface area contributed by atoms with E-state index in [9.17, 15) is 36.2 Å². The van der Waals surface area contributed by atoms with E-state index in [4.69, 9.17) is 8.37 Å². The van der Waals surface area contributed by atoms with Crippen molar-refractivity contribution < 1.29 is 44.5 Å². The van der Waals surface area contributed by atoms with Crippen molar-refractivity contribution in [1.29, 1.82) is 0 Å². The molecule has 0 bridgehead atoms. The van der Waals surface area contributed by atoms with Gasteiger partial charge in [-0.1, -0.05) is 34.1 Å². The van der Waals surface area contributed by atoms with E-state index in [1.165, 1.54) is 0 Å². The Hall–Kier alpha value is -0.340. The Morgan fingerprint density at radius 1 is 0.800 bits per heavy atom. The molecule has 4 N–H and O–H groups in total. The normalized spacial score (nSPS) is 42.4. The summed E-state index contributed by atoms with van der Waals surface area (Å²) in [5, 5.41) is 20.7. The standard InChI is InChI=1S/C28H50O10S2/c1-17(18(2)15-29)5-6-19(16-37-39(31,32)33)21-9-10-22-20-7-8-24-26(30)25(38-40(34,35)36)12-14-28(24,4)23(20)11-13-27(21,22)3/h17-26,29-30H,5-16H2,1-4H3,(H,31,32,33)(H,34,35,36)/t17-,18+,19-,20?,21+,22?,23?,24+,25+,26-,27+,28+/m0/s1. The summed E-state index contributed by atoms with van der Waals surface area (Å²) in [4.78, 5) is 0. The molecule has 4 aliphatic carbocycles. The number of aliphatic hydroxyl groups is 2. The van der Waals surface area contributed by atoms with Crippen LogP contribution in [0.3, 0.4) is 0 Å². The second kappa shape index (κ2) is 12.0. The van der Waals surface area contributed by atoms with Crippen molar-refractivity contribution in [1.82, 2.24) is 0 Å². The Morgan fingerprint density at radius 2 is 1.43 bits per heavy atom. The van der Waals surface area contributed by atoms with Crippen LogP contribution in [0.1, 0.15) is 91.9 Å². The maximum absolute atomic E-state index is 11.5. The first-order valence-electron chi connectivity index (χ1n) is 15.1. The lowest BCUT2D eigenvalue weighted by molar-refractivity contribution is -0.171. The van der Waals surface area contributed by atoms with Gasteiger partial charge in [0.25, 0.3) is 0 Å². The van der Waals surface area contributed by atoms with E-state index in [2.05, 4.69) is 20.8 Å². The van der Waals surface area contributed by atoms with E-state index in [1.807, 2.05) is 6.92 Å². The molecule has 0 aromatic carbocycles. The maximum Gasteiger partial charge on any atom is 0.397 e. The molecule has 234 valence electrons. The Morgan fingerprint density at radius 3 is 2.05 bits per heavy atom. The average molecular weight is 611 g/mol. The minimum Gasteiger partial charge on any atom is -0.396 e. The van der Waals surface area contributed by atoms with Gasteiger partial charge in [-0.25, -0.2) is 8.37 Å². The highest BCUT2D eigenvalue weighted by Gasteiger charge is 2.62. The van der Waals surface area contributed by atoms with Gasteiger partial charge >= 0.3 is 20.8 Å². The van der Waals surface area contributed by atoms with Crippen LogP contribution in [0.5, 0.6) is 0 Å². The number of hydrogen-bond acceptors (Lipinski definition) is 8. The minimum absolute atomic E-state index is 0.00728. The lowest BCUT2D eigenvalue weighted by Crippen LogP contribution is -2.59. The number of aliphatic hydroxyl groups excluding tert-OH is 2. The SMILES string of the molecule is C[C@H](CO)[C@@H](C)CC[C@@H](COS(=O)(=O)O)[C@H]1CCC2C3CC[C@@H]4[C@H](O)[C@H](OS(=O)(=O)O)CC[C@]4(C)C3CC[C@@]21C. The second-order valence-electron chi connectivity index (χ2n) is 14.1. The fraction of sp³-hybridized carbons (Fsp3) is 1.00. The van der Waals surface area contributed by atoms with Crippen molar-refractivity contribution in [2.45, 2.75) is 104 Å². The summed E-state index contributed by atoms with van der Waals surface area (Å²) < 4.78 is 74.1. The van der Waals surface area contributed by atoms with Crippen LogP contribution in [0.2, 0.25) is 0 Å². The van der Waals surface area contributed by atoms with E-state index in [-0.39, 0.29) is 53.6 Å². The fourth-order valence-electron chi connectivity index (χ4n) is 9.89. The van der Waals surface area contributed by atoms with Crippen LogP contribution < -0.4 is 0 Å². The molecule has 3 unspecified atom stereocenters. The van der Waals surface area contributed by atoms with Crippen LogP contribution in [0.15, 0.2) is 0 Å². The van der Waals surface area contributed by atoms with Gasteiger partial charge in [-0.3, -0.25) is 9.11 Å². The zero-order chi connectivity index (χ0) is 29.7. The number of fused-ring (bicyclic) bond motifs is 5. The second-order valence-corrected chi connectivity index (χ2v) is 16.2. The van der Waals surface area contributed by atoms with E-state index in [0.29, 0.717) is 24.2 Å². The van der Waals surface area contributed by atoms with Gasteiger partial charge in [-0.05, 0) is 116 Å². The van der Waals surface area contributed by atoms with E-state index < -0.39 is 33.0 Å². The third kappa shape index (κ3) is 6.59. The molecule has 0 aromatic rings. The summed E-state index contributed by atoms with van der Waals surface area (Å²) in [5.74, 6) is 1.88. The molecule has 0 aromatic heterocycles. The molecular formula is C28H50O10S2.